The van der Waals surface area contributed by atoms with Crippen LogP contribution in [0.4, 0.5) is 5.69 Å². The SMILES string of the molecule is Nc1ccc(OCCCn2ccn(C3CC3)c2=O)cc1. The maximum atomic E-state index is 12.0. The number of anilines is 1. The standard InChI is InChI=1S/C15H19N3O2/c16-12-2-6-14(7-3-12)20-11-1-8-17-9-10-18(15(17)19)13-4-5-13/h2-3,6-7,9-10,13H,1,4-5,8,11,16H2. The van der Waals surface area contributed by atoms with Gasteiger partial charge >= 0.3 is 5.69 Å². The summed E-state index contributed by atoms with van der Waals surface area (Å²) in [6.07, 6.45) is 6.82. The number of benzene rings is 1. The van der Waals surface area contributed by atoms with Gasteiger partial charge in [0, 0.05) is 30.7 Å². The van der Waals surface area contributed by atoms with Crippen molar-refractivity contribution in [3.05, 3.63) is 47.1 Å². The Bertz CT molecular complexity index is 623. The molecule has 1 aromatic heterocycles. The summed E-state index contributed by atoms with van der Waals surface area (Å²) >= 11 is 0. The third-order valence-corrected chi connectivity index (χ3v) is 3.51. The lowest BCUT2D eigenvalue weighted by molar-refractivity contribution is 0.300. The number of hydrogen-bond donors (Lipinski definition) is 1. The van der Waals surface area contributed by atoms with Gasteiger partial charge in [-0.05, 0) is 43.5 Å². The first-order valence-electron chi connectivity index (χ1n) is 6.99. The molecule has 2 N–H and O–H groups in total. The topological polar surface area (TPSA) is 62.2 Å². The molecule has 1 aliphatic carbocycles. The average molecular weight is 273 g/mol. The third-order valence-electron chi connectivity index (χ3n) is 3.51. The fourth-order valence-electron chi connectivity index (χ4n) is 2.22. The van der Waals surface area contributed by atoms with Crippen molar-refractivity contribution in [1.82, 2.24) is 9.13 Å². The molecule has 3 rings (SSSR count). The fourth-order valence-corrected chi connectivity index (χ4v) is 2.22. The van der Waals surface area contributed by atoms with Crippen LogP contribution in [0.25, 0.3) is 0 Å². The predicted octanol–water partition coefficient (Wildman–Crippen LogP) is 2.04. The first-order valence-corrected chi connectivity index (χ1v) is 6.99. The number of hydrogen-bond acceptors (Lipinski definition) is 3. The number of rotatable bonds is 6. The number of nitrogens with zero attached hydrogens (tertiary/aromatic N) is 2. The van der Waals surface area contributed by atoms with Crippen molar-refractivity contribution in [3.8, 4) is 5.75 Å². The van der Waals surface area contributed by atoms with Crippen molar-refractivity contribution in [3.63, 3.8) is 0 Å². The molecular formula is C15H19N3O2. The smallest absolute Gasteiger partial charge is 0.328 e. The summed E-state index contributed by atoms with van der Waals surface area (Å²) in [5.74, 6) is 0.807. The summed E-state index contributed by atoms with van der Waals surface area (Å²) < 4.78 is 9.20. The van der Waals surface area contributed by atoms with Crippen LogP contribution in [-0.2, 0) is 6.54 Å². The number of imidazole rings is 1. The molecule has 0 aliphatic heterocycles. The lowest BCUT2D eigenvalue weighted by Gasteiger charge is -2.06. The first kappa shape index (κ1) is 12.8. The molecule has 1 heterocycles. The maximum absolute atomic E-state index is 12.0. The minimum atomic E-state index is 0.0972. The van der Waals surface area contributed by atoms with E-state index in [0.717, 1.165) is 30.7 Å². The zero-order valence-electron chi connectivity index (χ0n) is 11.4. The van der Waals surface area contributed by atoms with E-state index in [9.17, 15) is 4.79 Å². The summed E-state index contributed by atoms with van der Waals surface area (Å²) in [4.78, 5) is 12.0. The van der Waals surface area contributed by atoms with Crippen molar-refractivity contribution in [2.45, 2.75) is 31.8 Å². The molecule has 106 valence electrons. The van der Waals surface area contributed by atoms with Crippen LogP contribution in [0.5, 0.6) is 5.75 Å². The van der Waals surface area contributed by atoms with Gasteiger partial charge in [-0.3, -0.25) is 9.13 Å². The molecule has 5 nitrogen and oxygen atoms in total. The molecule has 0 radical (unpaired) electrons. The monoisotopic (exact) mass is 273 g/mol. The van der Waals surface area contributed by atoms with E-state index in [0.29, 0.717) is 19.2 Å². The van der Waals surface area contributed by atoms with E-state index in [1.807, 2.05) is 41.2 Å². The molecule has 1 aromatic carbocycles. The molecular weight excluding hydrogens is 254 g/mol. The van der Waals surface area contributed by atoms with E-state index in [4.69, 9.17) is 10.5 Å². The van der Waals surface area contributed by atoms with Crippen LogP contribution in [0.3, 0.4) is 0 Å². The Balaban J connectivity index is 1.48. The molecule has 0 bridgehead atoms. The number of nitrogens with two attached hydrogens (primary N) is 1. The molecule has 2 aromatic rings. The van der Waals surface area contributed by atoms with E-state index in [1.165, 1.54) is 0 Å². The van der Waals surface area contributed by atoms with Gasteiger partial charge in [0.2, 0.25) is 0 Å². The van der Waals surface area contributed by atoms with Crippen molar-refractivity contribution < 1.29 is 4.74 Å². The Morgan fingerprint density at radius 1 is 1.20 bits per heavy atom. The summed E-state index contributed by atoms with van der Waals surface area (Å²) in [7, 11) is 0. The third kappa shape index (κ3) is 2.87. The minimum Gasteiger partial charge on any atom is -0.494 e. The van der Waals surface area contributed by atoms with Gasteiger partial charge in [-0.1, -0.05) is 0 Å². The maximum Gasteiger partial charge on any atom is 0.328 e. The van der Waals surface area contributed by atoms with E-state index in [1.54, 1.807) is 4.57 Å². The molecule has 1 aliphatic rings. The van der Waals surface area contributed by atoms with Crippen LogP contribution in [-0.4, -0.2) is 15.7 Å². The van der Waals surface area contributed by atoms with Gasteiger partial charge in [0.15, 0.2) is 0 Å². The van der Waals surface area contributed by atoms with Gasteiger partial charge in [0.05, 0.1) is 6.61 Å². The van der Waals surface area contributed by atoms with Crippen molar-refractivity contribution >= 4 is 5.69 Å². The lowest BCUT2D eigenvalue weighted by Crippen LogP contribution is -2.24. The molecule has 5 heteroatoms. The highest BCUT2D eigenvalue weighted by molar-refractivity contribution is 5.41. The summed E-state index contributed by atoms with van der Waals surface area (Å²) in [6.45, 7) is 1.28. The van der Waals surface area contributed by atoms with Gasteiger partial charge in [-0.25, -0.2) is 4.79 Å². The van der Waals surface area contributed by atoms with E-state index >= 15 is 0 Å². The van der Waals surface area contributed by atoms with Crippen molar-refractivity contribution in [2.75, 3.05) is 12.3 Å². The minimum absolute atomic E-state index is 0.0972. The Labute approximate surface area is 117 Å². The number of aryl methyl sites for hydroxylation is 1. The van der Waals surface area contributed by atoms with Crippen molar-refractivity contribution in [2.24, 2.45) is 0 Å². The molecule has 0 spiro atoms. The van der Waals surface area contributed by atoms with Gasteiger partial charge in [-0.15, -0.1) is 0 Å². The quantitative estimate of drug-likeness (QED) is 0.647. The van der Waals surface area contributed by atoms with Crippen LogP contribution >= 0.6 is 0 Å². The lowest BCUT2D eigenvalue weighted by atomic mass is 10.3. The van der Waals surface area contributed by atoms with Crippen LogP contribution in [0.2, 0.25) is 0 Å². The summed E-state index contributed by atoms with van der Waals surface area (Å²) in [6, 6.07) is 7.77. The largest absolute Gasteiger partial charge is 0.494 e. The highest BCUT2D eigenvalue weighted by Gasteiger charge is 2.25. The average Bonchev–Trinajstić information content (AvgIpc) is 3.22. The molecule has 0 unspecified atom stereocenters. The molecule has 1 saturated carbocycles. The summed E-state index contributed by atoms with van der Waals surface area (Å²) in [5.41, 5.74) is 6.43. The highest BCUT2D eigenvalue weighted by Crippen LogP contribution is 2.33. The van der Waals surface area contributed by atoms with Crippen molar-refractivity contribution in [1.29, 1.82) is 0 Å². The number of nitrogen functional groups attached to an aromatic ring is 1. The van der Waals surface area contributed by atoms with Crippen LogP contribution < -0.4 is 16.2 Å². The molecule has 0 amide bonds. The molecule has 20 heavy (non-hydrogen) atoms. The zero-order valence-corrected chi connectivity index (χ0v) is 11.4. The van der Waals surface area contributed by atoms with E-state index in [-0.39, 0.29) is 5.69 Å². The molecule has 0 saturated heterocycles. The van der Waals surface area contributed by atoms with Crippen LogP contribution in [0, 0.1) is 0 Å². The van der Waals surface area contributed by atoms with Gasteiger partial charge in [0.1, 0.15) is 5.75 Å². The van der Waals surface area contributed by atoms with Gasteiger partial charge in [-0.2, -0.15) is 0 Å². The highest BCUT2D eigenvalue weighted by atomic mass is 16.5. The molecule has 1 fully saturated rings. The second kappa shape index (κ2) is 5.45. The van der Waals surface area contributed by atoms with Crippen LogP contribution in [0.1, 0.15) is 25.3 Å². The van der Waals surface area contributed by atoms with E-state index in [2.05, 4.69) is 0 Å². The normalized spacial score (nSPS) is 14.4. The number of aromatic nitrogens is 2. The fraction of sp³-hybridized carbons (Fsp3) is 0.400. The van der Waals surface area contributed by atoms with Crippen LogP contribution in [0.15, 0.2) is 41.5 Å². The number of ether oxygens (including phenoxy) is 1. The Hall–Kier alpha value is -2.17. The first-order chi connectivity index (χ1) is 9.74. The second-order valence-corrected chi connectivity index (χ2v) is 5.18. The predicted molar refractivity (Wildman–Crippen MR) is 77.9 cm³/mol. The van der Waals surface area contributed by atoms with E-state index < -0.39 is 0 Å². The summed E-state index contributed by atoms with van der Waals surface area (Å²) in [5, 5.41) is 0. The van der Waals surface area contributed by atoms with Gasteiger partial charge < -0.3 is 10.5 Å². The Kier molecular flexibility index (Phi) is 3.50. The zero-order chi connectivity index (χ0) is 13.9. The molecule has 0 atom stereocenters. The van der Waals surface area contributed by atoms with Gasteiger partial charge in [0.25, 0.3) is 0 Å². The second-order valence-electron chi connectivity index (χ2n) is 5.18. The Morgan fingerprint density at radius 2 is 1.95 bits per heavy atom. The Morgan fingerprint density at radius 3 is 2.65 bits per heavy atom.